The van der Waals surface area contributed by atoms with Crippen LogP contribution in [0.25, 0.3) is 22.3 Å². The third-order valence-corrected chi connectivity index (χ3v) is 8.05. The maximum atomic E-state index is 13.8. The Morgan fingerprint density at radius 2 is 1.82 bits per heavy atom. The molecule has 204 valence electrons. The van der Waals surface area contributed by atoms with Gasteiger partial charge in [0.1, 0.15) is 5.75 Å². The minimum absolute atomic E-state index is 0.174. The fraction of sp³-hybridized carbons (Fsp3) is 0.424. The molecule has 0 atom stereocenters. The second-order valence-corrected chi connectivity index (χ2v) is 11.1. The molecule has 1 saturated carbocycles. The summed E-state index contributed by atoms with van der Waals surface area (Å²) in [7, 11) is 0. The molecule has 0 aliphatic heterocycles. The second kappa shape index (κ2) is 11.2. The summed E-state index contributed by atoms with van der Waals surface area (Å²) in [6.07, 6.45) is 8.17. The Hall–Kier alpha value is -3.67. The molecule has 6 heteroatoms. The van der Waals surface area contributed by atoms with Crippen LogP contribution in [0.4, 0.5) is 0 Å². The van der Waals surface area contributed by atoms with Crippen LogP contribution in [-0.4, -0.2) is 27.0 Å². The summed E-state index contributed by atoms with van der Waals surface area (Å²) in [6, 6.07) is 14.4. The lowest BCUT2D eigenvalue weighted by molar-refractivity contribution is 0.335. The molecule has 0 bridgehead atoms. The first-order valence-electron chi connectivity index (χ1n) is 14.3. The number of benzene rings is 2. The predicted molar refractivity (Wildman–Crippen MR) is 160 cm³/mol. The first-order chi connectivity index (χ1) is 18.8. The van der Waals surface area contributed by atoms with Crippen molar-refractivity contribution >= 4 is 17.1 Å². The van der Waals surface area contributed by atoms with Crippen LogP contribution in [0.1, 0.15) is 92.9 Å². The SMILES string of the molecule is CCOc1cc(C)c(-c2nc3ccccc3c(=O)n2N=Cc2cc(C)n(C3CCCCC3)c2C)cc1C(C)C. The minimum atomic E-state index is -0.174. The average Bonchev–Trinajstić information content (AvgIpc) is 3.21. The van der Waals surface area contributed by atoms with E-state index < -0.39 is 0 Å². The van der Waals surface area contributed by atoms with Crippen LogP contribution in [0.2, 0.25) is 0 Å². The van der Waals surface area contributed by atoms with Crippen molar-refractivity contribution in [2.45, 2.75) is 85.6 Å². The van der Waals surface area contributed by atoms with Crippen molar-refractivity contribution in [3.05, 3.63) is 80.9 Å². The zero-order chi connectivity index (χ0) is 27.7. The molecule has 0 unspecified atom stereocenters. The van der Waals surface area contributed by atoms with E-state index in [0.717, 1.165) is 28.0 Å². The average molecular weight is 525 g/mol. The lowest BCUT2D eigenvalue weighted by atomic mass is 9.95. The van der Waals surface area contributed by atoms with Crippen LogP contribution in [0.3, 0.4) is 0 Å². The molecule has 6 nitrogen and oxygen atoms in total. The van der Waals surface area contributed by atoms with Crippen LogP contribution >= 0.6 is 0 Å². The molecule has 1 fully saturated rings. The standard InChI is InChI=1S/C33H40N4O2/c1-7-39-31-17-22(4)29(19-28(31)21(2)3)32-35-30-16-12-11-15-27(30)33(38)37(32)34-20-25-18-23(5)36(24(25)6)26-13-9-8-10-14-26/h11-12,15-21,26H,7-10,13-14H2,1-6H3. The van der Waals surface area contributed by atoms with Gasteiger partial charge in [0.25, 0.3) is 5.56 Å². The largest absolute Gasteiger partial charge is 0.494 e. The van der Waals surface area contributed by atoms with Gasteiger partial charge in [-0.15, -0.1) is 0 Å². The van der Waals surface area contributed by atoms with E-state index in [-0.39, 0.29) is 11.5 Å². The van der Waals surface area contributed by atoms with E-state index in [1.54, 1.807) is 0 Å². The van der Waals surface area contributed by atoms with Crippen molar-refractivity contribution in [1.29, 1.82) is 0 Å². The van der Waals surface area contributed by atoms with Crippen LogP contribution in [0.5, 0.6) is 5.75 Å². The van der Waals surface area contributed by atoms with Crippen molar-refractivity contribution in [2.75, 3.05) is 6.61 Å². The fourth-order valence-electron chi connectivity index (χ4n) is 6.03. The van der Waals surface area contributed by atoms with Crippen LogP contribution < -0.4 is 10.3 Å². The Morgan fingerprint density at radius 3 is 2.54 bits per heavy atom. The number of nitrogens with zero attached hydrogens (tertiary/aromatic N) is 4. The van der Waals surface area contributed by atoms with Crippen molar-refractivity contribution in [2.24, 2.45) is 5.10 Å². The van der Waals surface area contributed by atoms with E-state index in [2.05, 4.69) is 50.5 Å². The van der Waals surface area contributed by atoms with E-state index in [9.17, 15) is 4.79 Å². The number of para-hydroxylation sites is 1. The maximum absolute atomic E-state index is 13.8. The summed E-state index contributed by atoms with van der Waals surface area (Å²) < 4.78 is 9.90. The van der Waals surface area contributed by atoms with Gasteiger partial charge in [0.05, 0.1) is 23.7 Å². The van der Waals surface area contributed by atoms with Crippen molar-refractivity contribution in [3.8, 4) is 17.1 Å². The minimum Gasteiger partial charge on any atom is -0.494 e. The van der Waals surface area contributed by atoms with Gasteiger partial charge < -0.3 is 9.30 Å². The van der Waals surface area contributed by atoms with Gasteiger partial charge in [-0.05, 0) is 87.9 Å². The van der Waals surface area contributed by atoms with E-state index in [1.165, 1.54) is 48.2 Å². The number of hydrogen-bond donors (Lipinski definition) is 0. The van der Waals surface area contributed by atoms with E-state index in [4.69, 9.17) is 14.8 Å². The van der Waals surface area contributed by atoms with Gasteiger partial charge in [-0.25, -0.2) is 4.98 Å². The zero-order valence-corrected chi connectivity index (χ0v) is 24.1. The molecular formula is C33H40N4O2. The fourth-order valence-corrected chi connectivity index (χ4v) is 6.03. The molecule has 0 spiro atoms. The highest BCUT2D eigenvalue weighted by Crippen LogP contribution is 2.35. The molecule has 2 aromatic heterocycles. The van der Waals surface area contributed by atoms with Crippen LogP contribution in [0.15, 0.2) is 52.4 Å². The molecule has 0 N–H and O–H groups in total. The van der Waals surface area contributed by atoms with Crippen LogP contribution in [-0.2, 0) is 0 Å². The second-order valence-electron chi connectivity index (χ2n) is 11.1. The van der Waals surface area contributed by atoms with Crippen molar-refractivity contribution in [1.82, 2.24) is 14.2 Å². The molecule has 0 radical (unpaired) electrons. The van der Waals surface area contributed by atoms with Gasteiger partial charge in [0, 0.05) is 28.6 Å². The molecule has 5 rings (SSSR count). The Balaban J connectivity index is 1.67. The van der Waals surface area contributed by atoms with E-state index in [1.807, 2.05) is 44.3 Å². The van der Waals surface area contributed by atoms with Crippen molar-refractivity contribution in [3.63, 3.8) is 0 Å². The number of ether oxygens (including phenoxy) is 1. The first kappa shape index (κ1) is 26.9. The lowest BCUT2D eigenvalue weighted by Crippen LogP contribution is -2.21. The number of hydrogen-bond acceptors (Lipinski definition) is 4. The Labute approximate surface area is 231 Å². The molecule has 0 amide bonds. The smallest absolute Gasteiger partial charge is 0.282 e. The first-order valence-corrected chi connectivity index (χ1v) is 14.3. The summed E-state index contributed by atoms with van der Waals surface area (Å²) in [5, 5.41) is 5.36. The van der Waals surface area contributed by atoms with E-state index >= 15 is 0 Å². The molecule has 39 heavy (non-hydrogen) atoms. The lowest BCUT2D eigenvalue weighted by Gasteiger charge is -2.26. The van der Waals surface area contributed by atoms with Crippen molar-refractivity contribution < 1.29 is 4.74 Å². The summed E-state index contributed by atoms with van der Waals surface area (Å²) in [4.78, 5) is 18.8. The quantitative estimate of drug-likeness (QED) is 0.233. The van der Waals surface area contributed by atoms with Gasteiger partial charge in [-0.3, -0.25) is 4.79 Å². The Bertz CT molecular complexity index is 1590. The summed E-state index contributed by atoms with van der Waals surface area (Å²) >= 11 is 0. The van der Waals surface area contributed by atoms with Gasteiger partial charge in [0.15, 0.2) is 5.82 Å². The monoisotopic (exact) mass is 524 g/mol. The number of fused-ring (bicyclic) bond motifs is 1. The zero-order valence-electron chi connectivity index (χ0n) is 24.1. The number of aryl methyl sites for hydroxylation is 2. The molecule has 2 aromatic carbocycles. The Morgan fingerprint density at radius 1 is 1.08 bits per heavy atom. The highest BCUT2D eigenvalue weighted by molar-refractivity contribution is 5.83. The number of rotatable bonds is 7. The summed E-state index contributed by atoms with van der Waals surface area (Å²) in [5.74, 6) is 1.67. The highest BCUT2D eigenvalue weighted by atomic mass is 16.5. The van der Waals surface area contributed by atoms with Gasteiger partial charge in [-0.2, -0.15) is 9.78 Å². The van der Waals surface area contributed by atoms with Crippen LogP contribution in [0, 0.1) is 20.8 Å². The highest BCUT2D eigenvalue weighted by Gasteiger charge is 2.21. The molecular weight excluding hydrogens is 484 g/mol. The molecule has 1 aliphatic rings. The predicted octanol–water partition coefficient (Wildman–Crippen LogP) is 7.70. The molecule has 1 aliphatic carbocycles. The summed E-state index contributed by atoms with van der Waals surface area (Å²) in [6.45, 7) is 13.3. The normalized spacial score (nSPS) is 14.6. The third-order valence-electron chi connectivity index (χ3n) is 8.05. The third kappa shape index (κ3) is 5.17. The van der Waals surface area contributed by atoms with Gasteiger partial charge in [-0.1, -0.05) is 45.2 Å². The molecule has 2 heterocycles. The summed E-state index contributed by atoms with van der Waals surface area (Å²) in [5.41, 5.74) is 6.94. The molecule has 4 aromatic rings. The van der Waals surface area contributed by atoms with Gasteiger partial charge in [0.2, 0.25) is 0 Å². The van der Waals surface area contributed by atoms with Gasteiger partial charge >= 0.3 is 0 Å². The Kier molecular flexibility index (Phi) is 7.74. The maximum Gasteiger partial charge on any atom is 0.282 e. The molecule has 0 saturated heterocycles. The topological polar surface area (TPSA) is 61.4 Å². The van der Waals surface area contributed by atoms with E-state index in [0.29, 0.717) is 29.4 Å². The number of aromatic nitrogens is 3.